The van der Waals surface area contributed by atoms with Crippen LogP contribution in [-0.4, -0.2) is 56.1 Å². The summed E-state index contributed by atoms with van der Waals surface area (Å²) in [6, 6.07) is 0.103. The number of likely N-dealkylation sites (N-methyl/N-ethyl adjacent to an activating group) is 1. The van der Waals surface area contributed by atoms with E-state index in [1.807, 2.05) is 6.92 Å². The Kier molecular flexibility index (Phi) is 6.10. The number of hydrogen-bond donors (Lipinski definition) is 2. The summed E-state index contributed by atoms with van der Waals surface area (Å²) in [5.41, 5.74) is 5.82. The van der Waals surface area contributed by atoms with E-state index in [1.54, 1.807) is 4.57 Å². The molecule has 0 aliphatic carbocycles. The molecule has 19 heavy (non-hydrogen) atoms. The highest BCUT2D eigenvalue weighted by Gasteiger charge is 2.18. The molecule has 0 aliphatic heterocycles. The molecule has 0 radical (unpaired) electrons. The Bertz CT molecular complexity index is 419. The van der Waals surface area contributed by atoms with E-state index < -0.39 is 5.97 Å². The predicted octanol–water partition coefficient (Wildman–Crippen LogP) is 0.940. The lowest BCUT2D eigenvalue weighted by molar-refractivity contribution is -0.133. The average molecular weight is 287 g/mol. The van der Waals surface area contributed by atoms with Gasteiger partial charge in [0, 0.05) is 12.6 Å². The summed E-state index contributed by atoms with van der Waals surface area (Å²) in [5.74, 6) is -0.599. The third-order valence-electron chi connectivity index (χ3n) is 2.87. The molecule has 0 spiro atoms. The Balaban J connectivity index is 2.79. The van der Waals surface area contributed by atoms with Crippen molar-refractivity contribution in [3.8, 4) is 0 Å². The van der Waals surface area contributed by atoms with Gasteiger partial charge in [-0.15, -0.1) is 10.2 Å². The second kappa shape index (κ2) is 7.34. The first-order chi connectivity index (χ1) is 8.99. The van der Waals surface area contributed by atoms with Gasteiger partial charge < -0.3 is 15.7 Å². The summed E-state index contributed by atoms with van der Waals surface area (Å²) < 4.78 is 1.80. The molecule has 7 nitrogen and oxygen atoms in total. The number of carbonyl (C=O) groups is 1. The van der Waals surface area contributed by atoms with Gasteiger partial charge in [-0.1, -0.05) is 25.6 Å². The van der Waals surface area contributed by atoms with Crippen molar-refractivity contribution in [3.05, 3.63) is 0 Å². The van der Waals surface area contributed by atoms with Gasteiger partial charge in [0.25, 0.3) is 0 Å². The predicted molar refractivity (Wildman–Crippen MR) is 75.3 cm³/mol. The molecule has 0 saturated heterocycles. The molecule has 0 fully saturated rings. The zero-order chi connectivity index (χ0) is 14.4. The Morgan fingerprint density at radius 2 is 2.11 bits per heavy atom. The van der Waals surface area contributed by atoms with E-state index in [4.69, 9.17) is 10.8 Å². The molecule has 1 aromatic rings. The Morgan fingerprint density at radius 3 is 2.63 bits per heavy atom. The van der Waals surface area contributed by atoms with Gasteiger partial charge in [0.05, 0.1) is 5.75 Å². The maximum absolute atomic E-state index is 10.6. The van der Waals surface area contributed by atoms with Gasteiger partial charge in [-0.3, -0.25) is 9.36 Å². The highest BCUT2D eigenvalue weighted by Crippen LogP contribution is 2.23. The van der Waals surface area contributed by atoms with Crippen molar-refractivity contribution in [1.29, 1.82) is 0 Å². The minimum Gasteiger partial charge on any atom is -0.481 e. The molecule has 0 aromatic carbocycles. The second-order valence-corrected chi connectivity index (χ2v) is 5.17. The Morgan fingerprint density at radius 1 is 1.47 bits per heavy atom. The zero-order valence-electron chi connectivity index (χ0n) is 11.5. The molecular formula is C11H21N5O2S. The quantitative estimate of drug-likeness (QED) is 0.687. The maximum atomic E-state index is 10.6. The van der Waals surface area contributed by atoms with E-state index in [0.717, 1.165) is 31.4 Å². The largest absolute Gasteiger partial charge is 0.481 e. The van der Waals surface area contributed by atoms with E-state index in [0.29, 0.717) is 11.1 Å². The molecule has 3 N–H and O–H groups in total. The van der Waals surface area contributed by atoms with Crippen LogP contribution in [0.15, 0.2) is 5.16 Å². The van der Waals surface area contributed by atoms with Crippen molar-refractivity contribution in [2.75, 3.05) is 31.1 Å². The van der Waals surface area contributed by atoms with Crippen LogP contribution in [0, 0.1) is 0 Å². The molecule has 1 atom stereocenters. The van der Waals surface area contributed by atoms with Crippen LogP contribution >= 0.6 is 11.8 Å². The van der Waals surface area contributed by atoms with E-state index in [-0.39, 0.29) is 11.8 Å². The molecule has 0 saturated carbocycles. The fourth-order valence-corrected chi connectivity index (χ4v) is 2.63. The molecule has 0 amide bonds. The Hall–Kier alpha value is -1.28. The summed E-state index contributed by atoms with van der Waals surface area (Å²) in [6.45, 7) is 8.98. The highest BCUT2D eigenvalue weighted by atomic mass is 32.2. The van der Waals surface area contributed by atoms with E-state index >= 15 is 0 Å². The number of aromatic nitrogens is 3. The van der Waals surface area contributed by atoms with E-state index in [9.17, 15) is 4.79 Å². The highest BCUT2D eigenvalue weighted by molar-refractivity contribution is 7.99. The lowest BCUT2D eigenvalue weighted by Gasteiger charge is -2.24. The first kappa shape index (κ1) is 15.8. The summed E-state index contributed by atoms with van der Waals surface area (Å²) in [7, 11) is 0. The van der Waals surface area contributed by atoms with Gasteiger partial charge in [-0.25, -0.2) is 0 Å². The first-order valence-electron chi connectivity index (χ1n) is 6.26. The summed E-state index contributed by atoms with van der Waals surface area (Å²) >= 11 is 1.14. The van der Waals surface area contributed by atoms with Crippen molar-refractivity contribution < 1.29 is 9.90 Å². The summed E-state index contributed by atoms with van der Waals surface area (Å²) in [6.07, 6.45) is 0. The number of rotatable bonds is 8. The van der Waals surface area contributed by atoms with Crippen molar-refractivity contribution >= 4 is 23.7 Å². The molecule has 1 heterocycles. The van der Waals surface area contributed by atoms with Crippen LogP contribution in [0.2, 0.25) is 0 Å². The number of carboxylic acids is 1. The smallest absolute Gasteiger partial charge is 0.313 e. The van der Waals surface area contributed by atoms with E-state index in [2.05, 4.69) is 28.9 Å². The molecule has 0 aliphatic rings. The molecular weight excluding hydrogens is 266 g/mol. The number of carboxylic acid groups (broad SMARTS) is 1. The van der Waals surface area contributed by atoms with Gasteiger partial charge in [-0.2, -0.15) is 0 Å². The van der Waals surface area contributed by atoms with Crippen LogP contribution in [-0.2, 0) is 4.79 Å². The SMILES string of the molecule is CCN(CC)CC(C)n1c(N)nnc1SCC(=O)O. The molecule has 1 aromatic heterocycles. The normalized spacial score (nSPS) is 12.8. The van der Waals surface area contributed by atoms with E-state index in [1.165, 1.54) is 0 Å². The summed E-state index contributed by atoms with van der Waals surface area (Å²) in [5, 5.41) is 17.0. The molecule has 0 bridgehead atoms. The number of aliphatic carboxylic acids is 1. The molecule has 108 valence electrons. The van der Waals surface area contributed by atoms with Crippen LogP contribution in [0.3, 0.4) is 0 Å². The fourth-order valence-electron chi connectivity index (χ4n) is 1.86. The molecule has 1 rings (SSSR count). The van der Waals surface area contributed by atoms with Gasteiger partial charge in [0.2, 0.25) is 5.95 Å². The van der Waals surface area contributed by atoms with Crippen molar-refractivity contribution in [1.82, 2.24) is 19.7 Å². The lowest BCUT2D eigenvalue weighted by atomic mass is 10.3. The number of nitrogens with two attached hydrogens (primary N) is 1. The van der Waals surface area contributed by atoms with Crippen molar-refractivity contribution in [2.24, 2.45) is 0 Å². The topological polar surface area (TPSA) is 97.3 Å². The van der Waals surface area contributed by atoms with Crippen LogP contribution in [0.4, 0.5) is 5.95 Å². The standard InChI is InChI=1S/C11H21N5O2S/c1-4-15(5-2)6-8(3)16-10(12)13-14-11(16)19-7-9(17)18/h8H,4-7H2,1-3H3,(H2,12,13)(H,17,18). The Labute approximate surface area is 117 Å². The third kappa shape index (κ3) is 4.39. The summed E-state index contributed by atoms with van der Waals surface area (Å²) in [4.78, 5) is 12.9. The number of nitrogens with zero attached hydrogens (tertiary/aromatic N) is 4. The maximum Gasteiger partial charge on any atom is 0.313 e. The van der Waals surface area contributed by atoms with Gasteiger partial charge in [-0.05, 0) is 20.0 Å². The van der Waals surface area contributed by atoms with Gasteiger partial charge in [0.15, 0.2) is 5.16 Å². The average Bonchev–Trinajstić information content (AvgIpc) is 2.74. The minimum absolute atomic E-state index is 0.0455. The second-order valence-electron chi connectivity index (χ2n) is 4.23. The molecule has 1 unspecified atom stereocenters. The van der Waals surface area contributed by atoms with Crippen molar-refractivity contribution in [2.45, 2.75) is 32.0 Å². The lowest BCUT2D eigenvalue weighted by Crippen LogP contribution is -2.30. The number of thioether (sulfide) groups is 1. The number of hydrogen-bond acceptors (Lipinski definition) is 6. The minimum atomic E-state index is -0.880. The zero-order valence-corrected chi connectivity index (χ0v) is 12.4. The number of nitrogen functional groups attached to an aromatic ring is 1. The van der Waals surface area contributed by atoms with Crippen LogP contribution in [0.25, 0.3) is 0 Å². The first-order valence-corrected chi connectivity index (χ1v) is 7.25. The van der Waals surface area contributed by atoms with Crippen LogP contribution in [0.5, 0.6) is 0 Å². The van der Waals surface area contributed by atoms with Gasteiger partial charge >= 0.3 is 5.97 Å². The molecule has 8 heteroatoms. The van der Waals surface area contributed by atoms with Crippen LogP contribution < -0.4 is 5.73 Å². The number of anilines is 1. The fraction of sp³-hybridized carbons (Fsp3) is 0.727. The van der Waals surface area contributed by atoms with Gasteiger partial charge in [0.1, 0.15) is 0 Å². The van der Waals surface area contributed by atoms with Crippen molar-refractivity contribution in [3.63, 3.8) is 0 Å². The third-order valence-corrected chi connectivity index (χ3v) is 3.80. The monoisotopic (exact) mass is 287 g/mol. The van der Waals surface area contributed by atoms with Crippen LogP contribution in [0.1, 0.15) is 26.8 Å².